The van der Waals surface area contributed by atoms with E-state index in [-0.39, 0.29) is 12.4 Å². The van der Waals surface area contributed by atoms with E-state index in [1.165, 1.54) is 0 Å². The quantitative estimate of drug-likeness (QED) is 0.762. The number of carbonyl (C=O) groups excluding carboxylic acids is 1. The first kappa shape index (κ1) is 14.4. The fourth-order valence-corrected chi connectivity index (χ4v) is 2.87. The summed E-state index contributed by atoms with van der Waals surface area (Å²) in [6.07, 6.45) is -2.35. The molecule has 0 bridgehead atoms. The normalized spacial score (nSPS) is 45.9. The predicted octanol–water partition coefficient (Wildman–Crippen LogP) is -0.0541. The van der Waals surface area contributed by atoms with Crippen molar-refractivity contribution in [3.63, 3.8) is 0 Å². The highest BCUT2D eigenvalue weighted by Crippen LogP contribution is 2.43. The maximum atomic E-state index is 12.6. The minimum Gasteiger partial charge on any atom is -0.393 e. The predicted molar refractivity (Wildman–Crippen MR) is 64.6 cm³/mol. The number of ether oxygens (including phenoxy) is 5. The number of rotatable bonds is 2. The van der Waals surface area contributed by atoms with Crippen molar-refractivity contribution in [2.45, 2.75) is 63.4 Å². The molecule has 3 aliphatic rings. The average Bonchev–Trinajstić information content (AvgIpc) is 2.91. The van der Waals surface area contributed by atoms with E-state index < -0.39 is 42.3 Å². The molecule has 0 aromatic rings. The molecule has 1 unspecified atom stereocenters. The van der Waals surface area contributed by atoms with E-state index in [0.29, 0.717) is 0 Å². The molecule has 3 fully saturated rings. The Morgan fingerprint density at radius 3 is 2.30 bits per heavy atom. The van der Waals surface area contributed by atoms with Crippen molar-refractivity contribution in [2.75, 3.05) is 13.2 Å². The molecule has 0 spiro atoms. The van der Waals surface area contributed by atoms with Gasteiger partial charge in [0.05, 0.1) is 13.2 Å². The lowest BCUT2D eigenvalue weighted by molar-refractivity contribution is -0.250. The second kappa shape index (κ2) is 4.22. The van der Waals surface area contributed by atoms with Crippen molar-refractivity contribution in [1.82, 2.24) is 0 Å². The van der Waals surface area contributed by atoms with Gasteiger partial charge in [-0.25, -0.2) is 0 Å². The Bertz CT molecular complexity index is 432. The van der Waals surface area contributed by atoms with Gasteiger partial charge in [-0.1, -0.05) is 0 Å². The number of fused-ring (bicyclic) bond motifs is 1. The molecule has 0 aromatic heterocycles. The van der Waals surface area contributed by atoms with Crippen molar-refractivity contribution in [3.05, 3.63) is 0 Å². The Hall–Kier alpha value is -0.570. The van der Waals surface area contributed by atoms with Crippen LogP contribution >= 0.6 is 0 Å². The molecule has 3 saturated heterocycles. The second-order valence-electron chi connectivity index (χ2n) is 6.27. The van der Waals surface area contributed by atoms with Crippen LogP contribution in [0.25, 0.3) is 0 Å². The van der Waals surface area contributed by atoms with Crippen molar-refractivity contribution >= 4 is 5.78 Å². The van der Waals surface area contributed by atoms with Gasteiger partial charge < -0.3 is 28.8 Å². The molecule has 1 N–H and O–H groups in total. The van der Waals surface area contributed by atoms with Crippen LogP contribution in [0.5, 0.6) is 0 Å². The fourth-order valence-electron chi connectivity index (χ4n) is 2.87. The second-order valence-corrected chi connectivity index (χ2v) is 6.27. The maximum absolute atomic E-state index is 12.6. The number of aliphatic hydroxyl groups excluding tert-OH is 1. The smallest absolute Gasteiger partial charge is 0.203 e. The van der Waals surface area contributed by atoms with E-state index in [4.69, 9.17) is 23.7 Å². The van der Waals surface area contributed by atoms with Crippen LogP contribution in [0.1, 0.15) is 27.7 Å². The third-order valence-electron chi connectivity index (χ3n) is 3.82. The van der Waals surface area contributed by atoms with Gasteiger partial charge in [0.1, 0.15) is 6.10 Å². The summed E-state index contributed by atoms with van der Waals surface area (Å²) in [6, 6.07) is 0. The Labute approximate surface area is 117 Å². The highest BCUT2D eigenvalue weighted by Gasteiger charge is 2.66. The Morgan fingerprint density at radius 2 is 1.80 bits per heavy atom. The van der Waals surface area contributed by atoms with Gasteiger partial charge >= 0.3 is 0 Å². The molecule has 3 aliphatic heterocycles. The highest BCUT2D eigenvalue weighted by atomic mass is 16.8. The summed E-state index contributed by atoms with van der Waals surface area (Å²) in [6.45, 7) is 6.57. The highest BCUT2D eigenvalue weighted by molar-refractivity contribution is 5.94. The summed E-state index contributed by atoms with van der Waals surface area (Å²) in [4.78, 5) is 12.6. The van der Waals surface area contributed by atoms with Gasteiger partial charge in [0, 0.05) is 0 Å². The van der Waals surface area contributed by atoms with Gasteiger partial charge in [0.15, 0.2) is 29.6 Å². The number of aliphatic hydroxyl groups is 1. The van der Waals surface area contributed by atoms with Gasteiger partial charge in [0.25, 0.3) is 0 Å². The molecule has 0 aliphatic carbocycles. The van der Waals surface area contributed by atoms with E-state index in [1.807, 2.05) is 0 Å². The molecule has 114 valence electrons. The van der Waals surface area contributed by atoms with Gasteiger partial charge in [-0.05, 0) is 27.7 Å². The molecule has 0 saturated carbocycles. The molecular formula is C13H20O7. The summed E-state index contributed by atoms with van der Waals surface area (Å²) in [5.41, 5.74) is -1.49. The van der Waals surface area contributed by atoms with Crippen LogP contribution in [-0.2, 0) is 28.5 Å². The first-order valence-corrected chi connectivity index (χ1v) is 6.69. The third kappa shape index (κ3) is 2.01. The maximum Gasteiger partial charge on any atom is 0.203 e. The number of Topliss-reactive ketones (excluding diaryl/α,β-unsaturated/α-hetero) is 1. The molecule has 7 nitrogen and oxygen atoms in total. The average molecular weight is 288 g/mol. The molecule has 0 radical (unpaired) electrons. The minimum absolute atomic E-state index is 0.169. The molecule has 3 rings (SSSR count). The molecular weight excluding hydrogens is 268 g/mol. The summed E-state index contributed by atoms with van der Waals surface area (Å²) >= 11 is 0. The molecule has 7 heteroatoms. The van der Waals surface area contributed by atoms with Crippen LogP contribution in [-0.4, -0.2) is 59.8 Å². The minimum atomic E-state index is -1.49. The van der Waals surface area contributed by atoms with Crippen molar-refractivity contribution < 1.29 is 33.6 Å². The topological polar surface area (TPSA) is 83.5 Å². The van der Waals surface area contributed by atoms with Crippen LogP contribution < -0.4 is 0 Å². The van der Waals surface area contributed by atoms with Gasteiger partial charge in [-0.2, -0.15) is 0 Å². The van der Waals surface area contributed by atoms with Gasteiger partial charge in [-0.15, -0.1) is 0 Å². The van der Waals surface area contributed by atoms with E-state index >= 15 is 0 Å². The summed E-state index contributed by atoms with van der Waals surface area (Å²) in [5.74, 6) is -2.05. The Balaban J connectivity index is 1.84. The molecule has 4 atom stereocenters. The molecule has 0 amide bonds. The zero-order valence-electron chi connectivity index (χ0n) is 12.0. The lowest BCUT2D eigenvalue weighted by Crippen LogP contribution is -2.55. The van der Waals surface area contributed by atoms with Crippen molar-refractivity contribution in [2.24, 2.45) is 0 Å². The number of hydrogen-bond acceptors (Lipinski definition) is 7. The Kier molecular flexibility index (Phi) is 3.03. The Morgan fingerprint density at radius 1 is 1.10 bits per heavy atom. The molecule has 0 aromatic carbocycles. The van der Waals surface area contributed by atoms with Crippen LogP contribution in [0.3, 0.4) is 0 Å². The van der Waals surface area contributed by atoms with E-state index in [2.05, 4.69) is 0 Å². The lowest BCUT2D eigenvalue weighted by Gasteiger charge is -2.32. The summed E-state index contributed by atoms with van der Waals surface area (Å²) in [5, 5.41) is 9.71. The fraction of sp³-hybridized carbons (Fsp3) is 0.923. The van der Waals surface area contributed by atoms with E-state index in [0.717, 1.165) is 0 Å². The van der Waals surface area contributed by atoms with E-state index in [1.54, 1.807) is 27.7 Å². The monoisotopic (exact) mass is 288 g/mol. The number of ketones is 1. The van der Waals surface area contributed by atoms with Crippen molar-refractivity contribution in [1.29, 1.82) is 0 Å². The first-order chi connectivity index (χ1) is 9.19. The SMILES string of the molecule is CC1(C)OCC([C@]2(CO)O[C@@H]3OC(C)(C)O[C@@H]3C2=O)O1. The van der Waals surface area contributed by atoms with Crippen molar-refractivity contribution in [3.8, 4) is 0 Å². The van der Waals surface area contributed by atoms with Gasteiger partial charge in [0.2, 0.25) is 5.78 Å². The van der Waals surface area contributed by atoms with Crippen LogP contribution in [0.15, 0.2) is 0 Å². The first-order valence-electron chi connectivity index (χ1n) is 6.69. The zero-order chi connectivity index (χ0) is 14.8. The standard InChI is InChI=1S/C13H20O7/c1-11(2)16-5-7(17-11)13(6-14)9(15)8-10(20-13)19-12(3,4)18-8/h7-8,10,14H,5-6H2,1-4H3/t7?,8-,10+,13+/m1/s1. The van der Waals surface area contributed by atoms with Crippen LogP contribution in [0.2, 0.25) is 0 Å². The van der Waals surface area contributed by atoms with Crippen LogP contribution in [0, 0.1) is 0 Å². The van der Waals surface area contributed by atoms with E-state index in [9.17, 15) is 9.90 Å². The lowest BCUT2D eigenvalue weighted by atomic mass is 9.92. The third-order valence-corrected chi connectivity index (χ3v) is 3.82. The van der Waals surface area contributed by atoms with Gasteiger partial charge in [-0.3, -0.25) is 4.79 Å². The summed E-state index contributed by atoms with van der Waals surface area (Å²) < 4.78 is 27.9. The largest absolute Gasteiger partial charge is 0.393 e. The molecule has 3 heterocycles. The number of hydrogen-bond donors (Lipinski definition) is 1. The molecule has 20 heavy (non-hydrogen) atoms. The zero-order valence-corrected chi connectivity index (χ0v) is 12.0. The van der Waals surface area contributed by atoms with Crippen LogP contribution in [0.4, 0.5) is 0 Å². The summed E-state index contributed by atoms with van der Waals surface area (Å²) in [7, 11) is 0. The number of carbonyl (C=O) groups is 1.